The van der Waals surface area contributed by atoms with Gasteiger partial charge in [-0.25, -0.2) is 0 Å². The molecule has 0 radical (unpaired) electrons. The van der Waals surface area contributed by atoms with Gasteiger partial charge in [0.05, 0.1) is 17.7 Å². The van der Waals surface area contributed by atoms with Crippen LogP contribution in [0.5, 0.6) is 0 Å². The number of nitrogens with one attached hydrogen (secondary N) is 2. The molecule has 2 aromatic rings. The molecule has 2 saturated carbocycles. The Kier molecular flexibility index (Phi) is 6.30. The highest BCUT2D eigenvalue weighted by atomic mass is 16.3. The van der Waals surface area contributed by atoms with Gasteiger partial charge in [0.15, 0.2) is 5.69 Å². The van der Waals surface area contributed by atoms with Crippen LogP contribution in [-0.4, -0.2) is 44.9 Å². The minimum absolute atomic E-state index is 0.0836. The highest BCUT2D eigenvalue weighted by molar-refractivity contribution is 6.06. The zero-order valence-corrected chi connectivity index (χ0v) is 19.5. The number of carbonyl (C=O) groups excluding carboxylic acids is 2. The van der Waals surface area contributed by atoms with Crippen molar-refractivity contribution in [1.82, 2.24) is 20.4 Å². The molecule has 2 aliphatic carbocycles. The Morgan fingerprint density at radius 1 is 1.19 bits per heavy atom. The Morgan fingerprint density at radius 2 is 1.88 bits per heavy atom. The Hall–Kier alpha value is -2.41. The number of aliphatic hydroxyl groups is 1. The molecule has 1 aromatic heterocycles. The molecule has 32 heavy (non-hydrogen) atoms. The summed E-state index contributed by atoms with van der Waals surface area (Å²) in [5.41, 5.74) is 0.296. The van der Waals surface area contributed by atoms with E-state index in [4.69, 9.17) is 5.10 Å². The van der Waals surface area contributed by atoms with Gasteiger partial charge in [-0.05, 0) is 43.1 Å². The fraction of sp³-hybridized carbons (Fsp3) is 0.640. The molecule has 7 nitrogen and oxygen atoms in total. The van der Waals surface area contributed by atoms with Crippen molar-refractivity contribution in [2.45, 2.75) is 83.8 Å². The molecule has 3 N–H and O–H groups in total. The lowest BCUT2D eigenvalue weighted by Gasteiger charge is -2.31. The molecule has 2 amide bonds. The van der Waals surface area contributed by atoms with E-state index in [9.17, 15) is 14.7 Å². The predicted octanol–water partition coefficient (Wildman–Crippen LogP) is 3.40. The number of hydrogen-bond acceptors (Lipinski definition) is 4. The van der Waals surface area contributed by atoms with Gasteiger partial charge in [-0.2, -0.15) is 5.10 Å². The first kappa shape index (κ1) is 22.8. The van der Waals surface area contributed by atoms with Gasteiger partial charge in [-0.1, -0.05) is 58.2 Å². The second-order valence-electron chi connectivity index (χ2n) is 10.8. The van der Waals surface area contributed by atoms with E-state index >= 15 is 0 Å². The lowest BCUT2D eigenvalue weighted by molar-refractivity contribution is -0.126. The molecule has 1 aromatic carbocycles. The number of fused-ring (bicyclic) bond motifs is 1. The van der Waals surface area contributed by atoms with Crippen LogP contribution in [0.4, 0.5) is 0 Å². The van der Waals surface area contributed by atoms with E-state index in [-0.39, 0.29) is 18.4 Å². The van der Waals surface area contributed by atoms with Gasteiger partial charge < -0.3 is 15.7 Å². The zero-order chi connectivity index (χ0) is 22.9. The number of nitrogens with zero attached hydrogens (tertiary/aromatic N) is 2. The Bertz CT molecular complexity index is 981. The van der Waals surface area contributed by atoms with Crippen LogP contribution < -0.4 is 10.6 Å². The average molecular weight is 441 g/mol. The van der Waals surface area contributed by atoms with Gasteiger partial charge >= 0.3 is 0 Å². The first-order valence-electron chi connectivity index (χ1n) is 11.9. The number of aliphatic hydroxyl groups excluding tert-OH is 1. The van der Waals surface area contributed by atoms with Gasteiger partial charge in [0.25, 0.3) is 5.91 Å². The highest BCUT2D eigenvalue weighted by Gasteiger charge is 2.46. The third-order valence-corrected chi connectivity index (χ3v) is 6.98. The first-order chi connectivity index (χ1) is 15.2. The van der Waals surface area contributed by atoms with E-state index in [1.54, 1.807) is 0 Å². The number of benzene rings is 1. The lowest BCUT2D eigenvalue weighted by atomic mass is 9.85. The maximum absolute atomic E-state index is 13.4. The van der Waals surface area contributed by atoms with Crippen molar-refractivity contribution in [3.05, 3.63) is 30.0 Å². The second-order valence-corrected chi connectivity index (χ2v) is 10.8. The fourth-order valence-corrected chi connectivity index (χ4v) is 4.73. The number of amides is 2. The van der Waals surface area contributed by atoms with E-state index in [0.717, 1.165) is 30.3 Å². The fourth-order valence-electron chi connectivity index (χ4n) is 4.73. The van der Waals surface area contributed by atoms with Crippen LogP contribution in [0.25, 0.3) is 10.9 Å². The van der Waals surface area contributed by atoms with E-state index in [1.807, 2.05) is 49.7 Å². The Morgan fingerprint density at radius 3 is 2.50 bits per heavy atom. The van der Waals surface area contributed by atoms with E-state index in [1.165, 1.54) is 32.1 Å². The molecule has 174 valence electrons. The van der Waals surface area contributed by atoms with Crippen LogP contribution >= 0.6 is 0 Å². The van der Waals surface area contributed by atoms with Crippen molar-refractivity contribution >= 4 is 22.7 Å². The SMILES string of the molecule is CC(C)(C)[C@H](NC(=O)c1nn(CC2CCCCC2)c2ccccc12)C(=O)NC1(CO)CC1. The number of para-hydroxylation sites is 1. The Balaban J connectivity index is 1.57. The summed E-state index contributed by atoms with van der Waals surface area (Å²) < 4.78 is 1.97. The van der Waals surface area contributed by atoms with Crippen molar-refractivity contribution in [2.75, 3.05) is 6.61 Å². The van der Waals surface area contributed by atoms with Crippen LogP contribution in [0.1, 0.15) is 76.2 Å². The van der Waals surface area contributed by atoms with Gasteiger partial charge in [0.1, 0.15) is 6.04 Å². The molecule has 0 unspecified atom stereocenters. The summed E-state index contributed by atoms with van der Waals surface area (Å²) in [5.74, 6) is -0.0138. The van der Waals surface area contributed by atoms with Crippen LogP contribution in [0.15, 0.2) is 24.3 Å². The third-order valence-electron chi connectivity index (χ3n) is 6.98. The number of carbonyl (C=O) groups is 2. The number of aromatic nitrogens is 2. The van der Waals surface area contributed by atoms with Crippen molar-refractivity contribution in [3.63, 3.8) is 0 Å². The van der Waals surface area contributed by atoms with Crippen LogP contribution in [0.2, 0.25) is 0 Å². The molecule has 2 fully saturated rings. The molecular weight excluding hydrogens is 404 g/mol. The normalized spacial score (nSPS) is 19.5. The van der Waals surface area contributed by atoms with Gasteiger partial charge in [-0.3, -0.25) is 14.3 Å². The minimum atomic E-state index is -0.735. The van der Waals surface area contributed by atoms with Gasteiger partial charge in [0.2, 0.25) is 5.91 Å². The summed E-state index contributed by atoms with van der Waals surface area (Å²) >= 11 is 0. The summed E-state index contributed by atoms with van der Waals surface area (Å²) in [6.07, 6.45) is 7.75. The molecule has 0 aliphatic heterocycles. The Labute approximate surface area is 189 Å². The highest BCUT2D eigenvalue weighted by Crippen LogP contribution is 2.35. The maximum Gasteiger partial charge on any atom is 0.273 e. The van der Waals surface area contributed by atoms with Crippen molar-refractivity contribution in [3.8, 4) is 0 Å². The molecule has 7 heteroatoms. The largest absolute Gasteiger partial charge is 0.394 e. The molecule has 1 atom stereocenters. The van der Waals surface area contributed by atoms with E-state index in [2.05, 4.69) is 10.6 Å². The topological polar surface area (TPSA) is 96.2 Å². The van der Waals surface area contributed by atoms with E-state index in [0.29, 0.717) is 11.6 Å². The van der Waals surface area contributed by atoms with Gasteiger partial charge in [-0.15, -0.1) is 0 Å². The number of hydrogen-bond donors (Lipinski definition) is 3. The molecule has 0 spiro atoms. The monoisotopic (exact) mass is 440 g/mol. The molecule has 4 rings (SSSR count). The minimum Gasteiger partial charge on any atom is -0.394 e. The lowest BCUT2D eigenvalue weighted by Crippen LogP contribution is -2.56. The zero-order valence-electron chi connectivity index (χ0n) is 19.5. The van der Waals surface area contributed by atoms with Crippen LogP contribution in [0, 0.1) is 11.3 Å². The number of rotatable bonds is 7. The summed E-state index contributed by atoms with van der Waals surface area (Å²) in [4.78, 5) is 26.4. The quantitative estimate of drug-likeness (QED) is 0.615. The predicted molar refractivity (Wildman–Crippen MR) is 124 cm³/mol. The molecule has 0 saturated heterocycles. The summed E-state index contributed by atoms with van der Waals surface area (Å²) in [5, 5.41) is 21.0. The molecule has 0 bridgehead atoms. The van der Waals surface area contributed by atoms with Crippen molar-refractivity contribution in [1.29, 1.82) is 0 Å². The van der Waals surface area contributed by atoms with E-state index < -0.39 is 17.0 Å². The smallest absolute Gasteiger partial charge is 0.273 e. The van der Waals surface area contributed by atoms with Crippen molar-refractivity contribution < 1.29 is 14.7 Å². The van der Waals surface area contributed by atoms with Crippen LogP contribution in [-0.2, 0) is 11.3 Å². The maximum atomic E-state index is 13.4. The summed E-state index contributed by atoms with van der Waals surface area (Å²) in [6, 6.07) is 7.08. The molecule has 1 heterocycles. The standard InChI is InChI=1S/C25H36N4O3/c1-24(2,3)21(23(32)27-25(16-30)13-14-25)26-22(31)20-18-11-7-8-12-19(18)29(28-20)15-17-9-5-4-6-10-17/h7-8,11-12,17,21,30H,4-6,9-10,13-16H2,1-3H3,(H,26,31)(H,27,32)/t21-/m1/s1. The van der Waals surface area contributed by atoms with Crippen molar-refractivity contribution in [2.24, 2.45) is 11.3 Å². The van der Waals surface area contributed by atoms with Crippen LogP contribution in [0.3, 0.4) is 0 Å². The third kappa shape index (κ3) is 4.82. The summed E-state index contributed by atoms with van der Waals surface area (Å²) in [7, 11) is 0. The average Bonchev–Trinajstić information content (AvgIpc) is 3.45. The second kappa shape index (κ2) is 8.85. The summed E-state index contributed by atoms with van der Waals surface area (Å²) in [6.45, 7) is 6.51. The molecular formula is C25H36N4O3. The first-order valence-corrected chi connectivity index (χ1v) is 11.9. The molecule has 2 aliphatic rings. The van der Waals surface area contributed by atoms with Gasteiger partial charge in [0, 0.05) is 11.9 Å².